The molecule has 1 unspecified atom stereocenters. The van der Waals surface area contributed by atoms with Crippen LogP contribution in [0.15, 0.2) is 48.7 Å². The Bertz CT molecular complexity index is 699. The van der Waals surface area contributed by atoms with Crippen molar-refractivity contribution in [3.05, 3.63) is 54.2 Å². The molecule has 0 aliphatic carbocycles. The van der Waals surface area contributed by atoms with Crippen LogP contribution in [0, 0.1) is 0 Å². The summed E-state index contributed by atoms with van der Waals surface area (Å²) in [5.74, 6) is 1.12. The number of aromatic nitrogens is 1. The molecule has 1 aromatic carbocycles. The van der Waals surface area contributed by atoms with E-state index in [1.807, 2.05) is 35.2 Å². The highest BCUT2D eigenvalue weighted by molar-refractivity contribution is 5.94. The predicted octanol–water partition coefficient (Wildman–Crippen LogP) is 4.30. The van der Waals surface area contributed by atoms with Gasteiger partial charge in [0.05, 0.1) is 6.10 Å². The molecule has 2 aromatic rings. The second-order valence-electron chi connectivity index (χ2n) is 6.54. The van der Waals surface area contributed by atoms with Crippen LogP contribution in [-0.4, -0.2) is 41.6 Å². The number of pyridine rings is 1. The van der Waals surface area contributed by atoms with Crippen molar-refractivity contribution in [2.45, 2.75) is 38.7 Å². The van der Waals surface area contributed by atoms with Crippen molar-refractivity contribution >= 4 is 5.91 Å². The SMILES string of the molecule is CCCN(CC1CCCCO1)C(=O)c1ccnc(Oc2ccccc2)c1. The van der Waals surface area contributed by atoms with Crippen molar-refractivity contribution in [2.75, 3.05) is 19.7 Å². The fourth-order valence-corrected chi connectivity index (χ4v) is 3.13. The number of benzene rings is 1. The molecular formula is C21H26N2O3. The Balaban J connectivity index is 1.70. The molecule has 5 nitrogen and oxygen atoms in total. The van der Waals surface area contributed by atoms with Crippen molar-refractivity contribution < 1.29 is 14.3 Å². The normalized spacial score (nSPS) is 16.9. The lowest BCUT2D eigenvalue weighted by molar-refractivity contribution is -0.00384. The van der Waals surface area contributed by atoms with E-state index in [4.69, 9.17) is 9.47 Å². The van der Waals surface area contributed by atoms with Crippen LogP contribution in [0.2, 0.25) is 0 Å². The molecule has 1 saturated heterocycles. The molecule has 0 bridgehead atoms. The van der Waals surface area contributed by atoms with Gasteiger partial charge in [-0.25, -0.2) is 4.98 Å². The van der Waals surface area contributed by atoms with Gasteiger partial charge in [0.25, 0.3) is 5.91 Å². The maximum atomic E-state index is 13.0. The molecule has 1 fully saturated rings. The Hall–Kier alpha value is -2.40. The summed E-state index contributed by atoms with van der Waals surface area (Å²) in [4.78, 5) is 19.1. The lowest BCUT2D eigenvalue weighted by Gasteiger charge is -2.30. The Morgan fingerprint density at radius 2 is 2.12 bits per heavy atom. The quantitative estimate of drug-likeness (QED) is 0.744. The lowest BCUT2D eigenvalue weighted by atomic mass is 10.1. The zero-order chi connectivity index (χ0) is 18.2. The maximum Gasteiger partial charge on any atom is 0.254 e. The molecule has 26 heavy (non-hydrogen) atoms. The number of carbonyl (C=O) groups excluding carboxylic acids is 1. The number of hydrogen-bond donors (Lipinski definition) is 0. The van der Waals surface area contributed by atoms with Gasteiger partial charge in [0.1, 0.15) is 5.75 Å². The molecule has 0 radical (unpaired) electrons. The number of carbonyl (C=O) groups is 1. The summed E-state index contributed by atoms with van der Waals surface area (Å²) in [6.07, 6.45) is 5.98. The molecule has 0 saturated carbocycles. The van der Waals surface area contributed by atoms with Gasteiger partial charge >= 0.3 is 0 Å². The molecule has 0 N–H and O–H groups in total. The van der Waals surface area contributed by atoms with Gasteiger partial charge in [0.15, 0.2) is 0 Å². The largest absolute Gasteiger partial charge is 0.439 e. The van der Waals surface area contributed by atoms with Crippen molar-refractivity contribution in [3.8, 4) is 11.6 Å². The van der Waals surface area contributed by atoms with E-state index in [2.05, 4.69) is 11.9 Å². The Morgan fingerprint density at radius 3 is 2.85 bits per heavy atom. The zero-order valence-electron chi connectivity index (χ0n) is 15.3. The molecule has 1 aliphatic heterocycles. The number of amides is 1. The van der Waals surface area contributed by atoms with Crippen molar-refractivity contribution in [3.63, 3.8) is 0 Å². The zero-order valence-corrected chi connectivity index (χ0v) is 15.3. The molecule has 1 aliphatic rings. The molecule has 1 aromatic heterocycles. The van der Waals surface area contributed by atoms with Crippen LogP contribution in [0.5, 0.6) is 11.6 Å². The van der Waals surface area contributed by atoms with Gasteiger partial charge in [-0.05, 0) is 43.9 Å². The van der Waals surface area contributed by atoms with Crippen LogP contribution in [-0.2, 0) is 4.74 Å². The number of nitrogens with zero attached hydrogens (tertiary/aromatic N) is 2. The first-order chi connectivity index (χ1) is 12.8. The number of ether oxygens (including phenoxy) is 2. The minimum Gasteiger partial charge on any atom is -0.439 e. The van der Waals surface area contributed by atoms with Crippen LogP contribution < -0.4 is 4.74 Å². The van der Waals surface area contributed by atoms with Gasteiger partial charge in [0.2, 0.25) is 5.88 Å². The number of rotatable bonds is 7. The van der Waals surface area contributed by atoms with Gasteiger partial charge in [-0.15, -0.1) is 0 Å². The first-order valence-corrected chi connectivity index (χ1v) is 9.36. The molecule has 1 atom stereocenters. The highest BCUT2D eigenvalue weighted by atomic mass is 16.5. The smallest absolute Gasteiger partial charge is 0.254 e. The van der Waals surface area contributed by atoms with E-state index in [0.29, 0.717) is 23.7 Å². The van der Waals surface area contributed by atoms with E-state index < -0.39 is 0 Å². The van der Waals surface area contributed by atoms with Crippen LogP contribution in [0.25, 0.3) is 0 Å². The van der Waals surface area contributed by atoms with Crippen molar-refractivity contribution in [2.24, 2.45) is 0 Å². The summed E-state index contributed by atoms with van der Waals surface area (Å²) < 4.78 is 11.6. The average molecular weight is 354 g/mol. The standard InChI is InChI=1S/C21H26N2O3/c1-2-13-23(16-19-10-6-7-14-25-19)21(24)17-11-12-22-20(15-17)26-18-8-4-3-5-9-18/h3-5,8-9,11-12,15,19H,2,6-7,10,13-14,16H2,1H3. The first-order valence-electron chi connectivity index (χ1n) is 9.36. The Labute approximate surface area is 155 Å². The third kappa shape index (κ3) is 5.05. The van der Waals surface area contributed by atoms with Gasteiger partial charge in [-0.2, -0.15) is 0 Å². The van der Waals surface area contributed by atoms with E-state index >= 15 is 0 Å². The lowest BCUT2D eigenvalue weighted by Crippen LogP contribution is -2.40. The summed E-state index contributed by atoms with van der Waals surface area (Å²) in [6, 6.07) is 12.9. The highest BCUT2D eigenvalue weighted by Crippen LogP contribution is 2.21. The molecular weight excluding hydrogens is 328 g/mol. The predicted molar refractivity (Wildman–Crippen MR) is 101 cm³/mol. The van der Waals surface area contributed by atoms with Crippen LogP contribution in [0.3, 0.4) is 0 Å². The van der Waals surface area contributed by atoms with Crippen molar-refractivity contribution in [1.29, 1.82) is 0 Å². The van der Waals surface area contributed by atoms with Crippen LogP contribution >= 0.6 is 0 Å². The minimum atomic E-state index is 0.00124. The van der Waals surface area contributed by atoms with Gasteiger partial charge in [-0.1, -0.05) is 25.1 Å². The summed E-state index contributed by atoms with van der Waals surface area (Å²) in [7, 11) is 0. The van der Waals surface area contributed by atoms with E-state index in [1.54, 1.807) is 18.3 Å². The summed E-state index contributed by atoms with van der Waals surface area (Å²) in [6.45, 7) is 4.24. The molecule has 5 heteroatoms. The average Bonchev–Trinajstić information content (AvgIpc) is 2.69. The molecule has 1 amide bonds. The monoisotopic (exact) mass is 354 g/mol. The topological polar surface area (TPSA) is 51.7 Å². The molecule has 0 spiro atoms. The summed E-state index contributed by atoms with van der Waals surface area (Å²) in [5, 5.41) is 0. The van der Waals surface area contributed by atoms with Crippen LogP contribution in [0.4, 0.5) is 0 Å². The van der Waals surface area contributed by atoms with E-state index in [9.17, 15) is 4.79 Å². The van der Waals surface area contributed by atoms with E-state index in [1.165, 1.54) is 6.42 Å². The highest BCUT2D eigenvalue weighted by Gasteiger charge is 2.22. The first kappa shape index (κ1) is 18.4. The fourth-order valence-electron chi connectivity index (χ4n) is 3.13. The van der Waals surface area contributed by atoms with Crippen LogP contribution in [0.1, 0.15) is 43.0 Å². The summed E-state index contributed by atoms with van der Waals surface area (Å²) >= 11 is 0. The fraction of sp³-hybridized carbons (Fsp3) is 0.429. The van der Waals surface area contributed by atoms with Gasteiger partial charge in [0, 0.05) is 37.5 Å². The van der Waals surface area contributed by atoms with E-state index in [0.717, 1.165) is 32.4 Å². The third-order valence-electron chi connectivity index (χ3n) is 4.43. The molecule has 2 heterocycles. The third-order valence-corrected chi connectivity index (χ3v) is 4.43. The Morgan fingerprint density at radius 1 is 1.27 bits per heavy atom. The second kappa shape index (κ2) is 9.34. The number of hydrogen-bond acceptors (Lipinski definition) is 4. The van der Waals surface area contributed by atoms with E-state index in [-0.39, 0.29) is 12.0 Å². The second-order valence-corrected chi connectivity index (χ2v) is 6.54. The molecule has 138 valence electrons. The van der Waals surface area contributed by atoms with Gasteiger partial charge < -0.3 is 14.4 Å². The Kier molecular flexibility index (Phi) is 6.61. The summed E-state index contributed by atoms with van der Waals surface area (Å²) in [5.41, 5.74) is 0.593. The van der Waals surface area contributed by atoms with Crippen molar-refractivity contribution in [1.82, 2.24) is 9.88 Å². The number of para-hydroxylation sites is 1. The minimum absolute atomic E-state index is 0.00124. The molecule has 3 rings (SSSR count). The maximum absolute atomic E-state index is 13.0. The van der Waals surface area contributed by atoms with Gasteiger partial charge in [-0.3, -0.25) is 4.79 Å².